The molecule has 1 aromatic carbocycles. The molecule has 0 unspecified atom stereocenters. The number of ether oxygens (including phenoxy) is 1. The molecule has 0 atom stereocenters. The molecule has 152 valence electrons. The Hall–Kier alpha value is -2.96. The van der Waals surface area contributed by atoms with Gasteiger partial charge < -0.3 is 25.5 Å². The Morgan fingerprint density at radius 1 is 1.18 bits per heavy atom. The quantitative estimate of drug-likeness (QED) is 0.331. The molecule has 28 heavy (non-hydrogen) atoms. The minimum Gasteiger partial charge on any atom is -0.493 e. The number of aryl methyl sites for hydroxylation is 1. The number of furan rings is 1. The first-order chi connectivity index (χ1) is 13.5. The largest absolute Gasteiger partial charge is 0.493 e. The van der Waals surface area contributed by atoms with E-state index in [1.54, 1.807) is 19.2 Å². The van der Waals surface area contributed by atoms with E-state index in [-0.39, 0.29) is 5.76 Å². The van der Waals surface area contributed by atoms with Crippen molar-refractivity contribution in [3.05, 3.63) is 53.0 Å². The lowest BCUT2D eigenvalue weighted by Gasteiger charge is -2.15. The Labute approximate surface area is 166 Å². The third-order valence-corrected chi connectivity index (χ3v) is 4.23. The average Bonchev–Trinajstić information content (AvgIpc) is 3.16. The summed E-state index contributed by atoms with van der Waals surface area (Å²) in [6.07, 6.45) is 3.39. The van der Waals surface area contributed by atoms with Crippen LogP contribution in [0, 0.1) is 6.92 Å². The lowest BCUT2D eigenvalue weighted by atomic mass is 10.1. The Bertz CT molecular complexity index is 799. The standard InChI is InChI=1S/C21H30N4O3/c1-4-5-6-11-27-19-12-15(2)7-8-16(19)13-24-21(23-3)25-14-17-9-10-18(28-17)20(22)26/h7-10,12H,4-6,11,13-14H2,1-3H3,(H2,22,26)(H2,23,24,25). The Balaban J connectivity index is 1.90. The maximum atomic E-state index is 11.1. The highest BCUT2D eigenvalue weighted by molar-refractivity contribution is 5.89. The highest BCUT2D eigenvalue weighted by Gasteiger charge is 2.09. The second-order valence-corrected chi connectivity index (χ2v) is 6.58. The van der Waals surface area contributed by atoms with Gasteiger partial charge in [-0.05, 0) is 37.1 Å². The van der Waals surface area contributed by atoms with Crippen molar-refractivity contribution in [2.24, 2.45) is 10.7 Å². The van der Waals surface area contributed by atoms with Crippen molar-refractivity contribution in [3.8, 4) is 5.75 Å². The van der Waals surface area contributed by atoms with Crippen molar-refractivity contribution in [1.82, 2.24) is 10.6 Å². The van der Waals surface area contributed by atoms with Crippen molar-refractivity contribution >= 4 is 11.9 Å². The van der Waals surface area contributed by atoms with E-state index in [0.717, 1.165) is 24.3 Å². The van der Waals surface area contributed by atoms with E-state index in [1.807, 2.05) is 0 Å². The smallest absolute Gasteiger partial charge is 0.284 e. The number of guanidine groups is 1. The fraction of sp³-hybridized carbons (Fsp3) is 0.429. The number of hydrogen-bond acceptors (Lipinski definition) is 4. The first-order valence-electron chi connectivity index (χ1n) is 9.58. The second kappa shape index (κ2) is 11.0. The molecule has 1 heterocycles. The number of nitrogens with zero attached hydrogens (tertiary/aromatic N) is 1. The number of unbranched alkanes of at least 4 members (excludes halogenated alkanes) is 2. The van der Waals surface area contributed by atoms with E-state index >= 15 is 0 Å². The number of amides is 1. The number of benzene rings is 1. The zero-order valence-corrected chi connectivity index (χ0v) is 16.9. The van der Waals surface area contributed by atoms with Crippen molar-refractivity contribution in [3.63, 3.8) is 0 Å². The van der Waals surface area contributed by atoms with Crippen molar-refractivity contribution in [1.29, 1.82) is 0 Å². The molecule has 0 bridgehead atoms. The van der Waals surface area contributed by atoms with Crippen LogP contribution in [0.3, 0.4) is 0 Å². The highest BCUT2D eigenvalue weighted by Crippen LogP contribution is 2.20. The first kappa shape index (κ1) is 21.3. The second-order valence-electron chi connectivity index (χ2n) is 6.58. The molecule has 0 saturated carbocycles. The van der Waals surface area contributed by atoms with Gasteiger partial charge in [0.2, 0.25) is 0 Å². The molecule has 0 aliphatic rings. The molecular weight excluding hydrogens is 356 g/mol. The summed E-state index contributed by atoms with van der Waals surface area (Å²) >= 11 is 0. The van der Waals surface area contributed by atoms with Gasteiger partial charge in [-0.15, -0.1) is 0 Å². The third kappa shape index (κ3) is 6.64. The molecule has 2 aromatic rings. The minimum absolute atomic E-state index is 0.143. The molecular formula is C21H30N4O3. The van der Waals surface area contributed by atoms with Crippen LogP contribution in [0.5, 0.6) is 5.75 Å². The van der Waals surface area contributed by atoms with Gasteiger partial charge in [0.15, 0.2) is 11.7 Å². The summed E-state index contributed by atoms with van der Waals surface area (Å²) in [7, 11) is 1.70. The molecule has 1 amide bonds. The number of carbonyl (C=O) groups is 1. The van der Waals surface area contributed by atoms with Gasteiger partial charge in [-0.1, -0.05) is 31.9 Å². The highest BCUT2D eigenvalue weighted by atomic mass is 16.5. The fourth-order valence-electron chi connectivity index (χ4n) is 2.65. The van der Waals surface area contributed by atoms with E-state index in [4.69, 9.17) is 14.9 Å². The van der Waals surface area contributed by atoms with Gasteiger partial charge in [-0.3, -0.25) is 9.79 Å². The molecule has 7 heteroatoms. The van der Waals surface area contributed by atoms with E-state index in [9.17, 15) is 4.79 Å². The van der Waals surface area contributed by atoms with E-state index in [1.165, 1.54) is 18.4 Å². The summed E-state index contributed by atoms with van der Waals surface area (Å²) in [6, 6.07) is 9.47. The zero-order chi connectivity index (χ0) is 20.4. The number of carbonyl (C=O) groups excluding carboxylic acids is 1. The summed E-state index contributed by atoms with van der Waals surface area (Å²) in [5, 5.41) is 6.42. The molecule has 0 fully saturated rings. The molecule has 0 spiro atoms. The average molecular weight is 386 g/mol. The van der Waals surface area contributed by atoms with Gasteiger partial charge in [0.05, 0.1) is 13.2 Å². The van der Waals surface area contributed by atoms with Crippen LogP contribution in [0.4, 0.5) is 0 Å². The van der Waals surface area contributed by atoms with Crippen molar-refractivity contribution < 1.29 is 13.9 Å². The third-order valence-electron chi connectivity index (χ3n) is 4.23. The van der Waals surface area contributed by atoms with Gasteiger partial charge in [0.1, 0.15) is 11.5 Å². The van der Waals surface area contributed by atoms with Crippen molar-refractivity contribution in [2.45, 2.75) is 46.2 Å². The van der Waals surface area contributed by atoms with Crippen LogP contribution in [0.15, 0.2) is 39.7 Å². The molecule has 7 nitrogen and oxygen atoms in total. The minimum atomic E-state index is -0.584. The summed E-state index contributed by atoms with van der Waals surface area (Å²) < 4.78 is 11.3. The number of nitrogens with one attached hydrogen (secondary N) is 2. The van der Waals surface area contributed by atoms with E-state index in [2.05, 4.69) is 47.7 Å². The van der Waals surface area contributed by atoms with Crippen molar-refractivity contribution in [2.75, 3.05) is 13.7 Å². The predicted molar refractivity (Wildman–Crippen MR) is 110 cm³/mol. The fourth-order valence-corrected chi connectivity index (χ4v) is 2.65. The maximum absolute atomic E-state index is 11.1. The first-order valence-corrected chi connectivity index (χ1v) is 9.58. The predicted octanol–water partition coefficient (Wildman–Crippen LogP) is 3.12. The SMILES string of the molecule is CCCCCOc1cc(C)ccc1CNC(=NC)NCc1ccc(C(N)=O)o1. The molecule has 1 aromatic heterocycles. The van der Waals surface area contributed by atoms with Gasteiger partial charge in [-0.2, -0.15) is 0 Å². The normalized spacial score (nSPS) is 11.3. The zero-order valence-electron chi connectivity index (χ0n) is 16.9. The van der Waals surface area contributed by atoms with Crippen LogP contribution in [0.1, 0.15) is 53.6 Å². The van der Waals surface area contributed by atoms with E-state index in [0.29, 0.717) is 24.8 Å². The number of primary amides is 1. The summed E-state index contributed by atoms with van der Waals surface area (Å²) in [6.45, 7) is 5.92. The lowest BCUT2D eigenvalue weighted by Crippen LogP contribution is -2.36. The Morgan fingerprint density at radius 3 is 2.64 bits per heavy atom. The summed E-state index contributed by atoms with van der Waals surface area (Å²) in [4.78, 5) is 15.3. The topological polar surface area (TPSA) is 102 Å². The van der Waals surface area contributed by atoms with Gasteiger partial charge >= 0.3 is 0 Å². The molecule has 0 aliphatic carbocycles. The van der Waals surface area contributed by atoms with Gasteiger partial charge in [0.25, 0.3) is 5.91 Å². The van der Waals surface area contributed by atoms with Crippen LogP contribution < -0.4 is 21.1 Å². The molecule has 0 aliphatic heterocycles. The number of rotatable bonds is 10. The maximum Gasteiger partial charge on any atom is 0.284 e. The monoisotopic (exact) mass is 386 g/mol. The van der Waals surface area contributed by atoms with Gasteiger partial charge in [0, 0.05) is 19.2 Å². The summed E-state index contributed by atoms with van der Waals surface area (Å²) in [5.41, 5.74) is 7.43. The lowest BCUT2D eigenvalue weighted by molar-refractivity contribution is 0.0972. The molecule has 0 radical (unpaired) electrons. The summed E-state index contributed by atoms with van der Waals surface area (Å²) in [5.74, 6) is 1.68. The molecule has 4 N–H and O–H groups in total. The van der Waals surface area contributed by atoms with Crippen LogP contribution in [-0.4, -0.2) is 25.5 Å². The number of hydrogen-bond donors (Lipinski definition) is 3. The van der Waals surface area contributed by atoms with Crippen LogP contribution in [0.2, 0.25) is 0 Å². The van der Waals surface area contributed by atoms with Crippen LogP contribution in [0.25, 0.3) is 0 Å². The Kier molecular flexibility index (Phi) is 8.39. The van der Waals surface area contributed by atoms with E-state index < -0.39 is 5.91 Å². The molecule has 2 rings (SSSR count). The van der Waals surface area contributed by atoms with Crippen LogP contribution >= 0.6 is 0 Å². The van der Waals surface area contributed by atoms with Crippen LogP contribution in [-0.2, 0) is 13.1 Å². The van der Waals surface area contributed by atoms with Gasteiger partial charge in [-0.25, -0.2) is 0 Å². The molecule has 0 saturated heterocycles. The number of nitrogens with two attached hydrogens (primary N) is 1. The number of aliphatic imine (C=N–C) groups is 1. The Morgan fingerprint density at radius 2 is 1.96 bits per heavy atom.